The monoisotopic (exact) mass is 378 g/mol. The summed E-state index contributed by atoms with van der Waals surface area (Å²) in [5.74, 6) is 0.284. The van der Waals surface area contributed by atoms with Gasteiger partial charge < -0.3 is 15.2 Å². The molecule has 2 fully saturated rings. The Morgan fingerprint density at radius 1 is 1.30 bits per heavy atom. The first-order valence-corrected chi connectivity index (χ1v) is 10.6. The molecule has 7 nitrogen and oxygen atoms in total. The van der Waals surface area contributed by atoms with Gasteiger partial charge in [0.25, 0.3) is 0 Å². The van der Waals surface area contributed by atoms with E-state index in [1.165, 1.54) is 6.42 Å². The van der Waals surface area contributed by atoms with Gasteiger partial charge in [-0.1, -0.05) is 37.8 Å². The third kappa shape index (κ3) is 5.75. The molecule has 3 rings (SSSR count). The van der Waals surface area contributed by atoms with Crippen molar-refractivity contribution in [2.24, 2.45) is 5.92 Å². The van der Waals surface area contributed by atoms with Crippen LogP contribution in [0.1, 0.15) is 70.4 Å². The van der Waals surface area contributed by atoms with Crippen LogP contribution in [0.2, 0.25) is 0 Å². The summed E-state index contributed by atoms with van der Waals surface area (Å²) in [6, 6.07) is -0.0804. The van der Waals surface area contributed by atoms with Crippen molar-refractivity contribution in [3.8, 4) is 0 Å². The molecule has 0 spiro atoms. The van der Waals surface area contributed by atoms with Gasteiger partial charge in [-0.3, -0.25) is 9.48 Å². The predicted octanol–water partition coefficient (Wildman–Crippen LogP) is 2.23. The maximum absolute atomic E-state index is 12.5. The minimum Gasteiger partial charge on any atom is -0.394 e. The van der Waals surface area contributed by atoms with E-state index in [2.05, 4.69) is 22.6 Å². The Bertz CT molecular complexity index is 586. The molecule has 1 aliphatic heterocycles. The van der Waals surface area contributed by atoms with Crippen LogP contribution in [-0.2, 0) is 22.5 Å². The van der Waals surface area contributed by atoms with Gasteiger partial charge in [-0.2, -0.15) is 0 Å². The van der Waals surface area contributed by atoms with Gasteiger partial charge in [0.15, 0.2) is 0 Å². The highest BCUT2D eigenvalue weighted by molar-refractivity contribution is 5.79. The fraction of sp³-hybridized carbons (Fsp3) is 0.850. The lowest BCUT2D eigenvalue weighted by Crippen LogP contribution is -2.52. The van der Waals surface area contributed by atoms with E-state index in [4.69, 9.17) is 4.74 Å². The van der Waals surface area contributed by atoms with Crippen LogP contribution in [0, 0.1) is 5.92 Å². The Morgan fingerprint density at radius 2 is 2.11 bits per heavy atom. The van der Waals surface area contributed by atoms with Gasteiger partial charge in [0, 0.05) is 18.7 Å². The van der Waals surface area contributed by atoms with Crippen LogP contribution in [0.3, 0.4) is 0 Å². The molecule has 2 heterocycles. The standard InChI is InChI=1S/C20H34N4O3/c1-2-6-16-13-24(23-22-16)12-11-17-9-10-18(19(14-25)27-17)21-20(26)15-7-4-3-5-8-15/h13,15,17-19,25H,2-12,14H2,1H3,(H,21,26)/t17-,18-,19-/m0/s1. The summed E-state index contributed by atoms with van der Waals surface area (Å²) < 4.78 is 7.96. The molecule has 3 atom stereocenters. The average molecular weight is 379 g/mol. The zero-order valence-corrected chi connectivity index (χ0v) is 16.5. The van der Waals surface area contributed by atoms with E-state index in [0.29, 0.717) is 0 Å². The summed E-state index contributed by atoms with van der Waals surface area (Å²) in [4.78, 5) is 12.5. The molecular formula is C20H34N4O3. The molecule has 1 aromatic rings. The number of aromatic nitrogens is 3. The van der Waals surface area contributed by atoms with Crippen molar-refractivity contribution in [1.82, 2.24) is 20.3 Å². The highest BCUT2D eigenvalue weighted by atomic mass is 16.5. The normalized spacial score (nSPS) is 26.8. The van der Waals surface area contributed by atoms with Crippen molar-refractivity contribution in [2.75, 3.05) is 6.61 Å². The molecule has 152 valence electrons. The van der Waals surface area contributed by atoms with E-state index in [9.17, 15) is 9.90 Å². The number of rotatable bonds is 8. The quantitative estimate of drug-likeness (QED) is 0.724. The molecule has 1 aliphatic carbocycles. The maximum atomic E-state index is 12.5. The number of hydrogen-bond donors (Lipinski definition) is 2. The predicted molar refractivity (Wildman–Crippen MR) is 102 cm³/mol. The number of amides is 1. The van der Waals surface area contributed by atoms with Crippen molar-refractivity contribution in [3.05, 3.63) is 11.9 Å². The first kappa shape index (κ1) is 20.3. The molecule has 1 saturated heterocycles. The van der Waals surface area contributed by atoms with Crippen molar-refractivity contribution in [2.45, 2.75) is 95.9 Å². The number of aryl methyl sites for hydroxylation is 2. The molecule has 0 bridgehead atoms. The number of nitrogens with one attached hydrogen (secondary N) is 1. The first-order chi connectivity index (χ1) is 13.2. The second-order valence-electron chi connectivity index (χ2n) is 8.02. The number of carbonyl (C=O) groups excluding carboxylic acids is 1. The number of nitrogens with zero attached hydrogens (tertiary/aromatic N) is 3. The molecule has 7 heteroatoms. The lowest BCUT2D eigenvalue weighted by molar-refractivity contribution is -0.133. The van der Waals surface area contributed by atoms with Gasteiger partial charge in [0.2, 0.25) is 5.91 Å². The lowest BCUT2D eigenvalue weighted by Gasteiger charge is -2.37. The molecule has 2 N–H and O–H groups in total. The van der Waals surface area contributed by atoms with Crippen molar-refractivity contribution >= 4 is 5.91 Å². The fourth-order valence-corrected chi connectivity index (χ4v) is 4.27. The van der Waals surface area contributed by atoms with Gasteiger partial charge in [0.1, 0.15) is 6.10 Å². The summed E-state index contributed by atoms with van der Waals surface area (Å²) in [5, 5.41) is 21.2. The topological polar surface area (TPSA) is 89.3 Å². The third-order valence-electron chi connectivity index (χ3n) is 5.87. The van der Waals surface area contributed by atoms with E-state index in [-0.39, 0.29) is 36.7 Å². The minimum absolute atomic E-state index is 0.0594. The SMILES string of the molecule is CCCc1cn(CC[C@@H]2CC[C@H](NC(=O)C3CCCCC3)[C@H](CO)O2)nn1. The Morgan fingerprint density at radius 3 is 2.85 bits per heavy atom. The lowest BCUT2D eigenvalue weighted by atomic mass is 9.88. The molecule has 1 saturated carbocycles. The highest BCUT2D eigenvalue weighted by Gasteiger charge is 2.33. The van der Waals surface area contributed by atoms with E-state index in [1.807, 2.05) is 10.9 Å². The van der Waals surface area contributed by atoms with Crippen LogP contribution in [0.4, 0.5) is 0 Å². The van der Waals surface area contributed by atoms with Crippen LogP contribution in [0.5, 0.6) is 0 Å². The zero-order chi connectivity index (χ0) is 19.1. The van der Waals surface area contributed by atoms with Gasteiger partial charge >= 0.3 is 0 Å². The van der Waals surface area contributed by atoms with Gasteiger partial charge in [-0.15, -0.1) is 5.10 Å². The largest absolute Gasteiger partial charge is 0.394 e. The smallest absolute Gasteiger partial charge is 0.223 e. The van der Waals surface area contributed by atoms with Crippen LogP contribution in [-0.4, -0.2) is 50.9 Å². The Kier molecular flexibility index (Phi) is 7.64. The molecular weight excluding hydrogens is 344 g/mol. The second-order valence-corrected chi connectivity index (χ2v) is 8.02. The van der Waals surface area contributed by atoms with Crippen LogP contribution in [0.25, 0.3) is 0 Å². The Hall–Kier alpha value is -1.47. The van der Waals surface area contributed by atoms with E-state index in [0.717, 1.165) is 70.0 Å². The van der Waals surface area contributed by atoms with Crippen molar-refractivity contribution in [3.63, 3.8) is 0 Å². The summed E-state index contributed by atoms with van der Waals surface area (Å²) in [6.45, 7) is 2.84. The summed E-state index contributed by atoms with van der Waals surface area (Å²) in [5.41, 5.74) is 1.03. The van der Waals surface area contributed by atoms with Crippen molar-refractivity contribution in [1.29, 1.82) is 0 Å². The van der Waals surface area contributed by atoms with Crippen molar-refractivity contribution < 1.29 is 14.6 Å². The molecule has 0 aromatic carbocycles. The summed E-state index contributed by atoms with van der Waals surface area (Å²) in [7, 11) is 0. The van der Waals surface area contributed by atoms with Crippen LogP contribution < -0.4 is 5.32 Å². The average Bonchev–Trinajstić information content (AvgIpc) is 3.15. The number of aliphatic hydroxyl groups is 1. The maximum Gasteiger partial charge on any atom is 0.223 e. The number of aliphatic hydroxyl groups excluding tert-OH is 1. The zero-order valence-electron chi connectivity index (χ0n) is 16.5. The van der Waals surface area contributed by atoms with E-state index in [1.54, 1.807) is 0 Å². The molecule has 2 aliphatic rings. The van der Waals surface area contributed by atoms with Gasteiger partial charge in [0.05, 0.1) is 24.4 Å². The van der Waals surface area contributed by atoms with E-state index >= 15 is 0 Å². The Balaban J connectivity index is 1.44. The number of ether oxygens (including phenoxy) is 1. The summed E-state index contributed by atoms with van der Waals surface area (Å²) >= 11 is 0. The minimum atomic E-state index is -0.317. The Labute approximate surface area is 161 Å². The molecule has 1 aromatic heterocycles. The molecule has 1 amide bonds. The third-order valence-corrected chi connectivity index (χ3v) is 5.87. The molecule has 27 heavy (non-hydrogen) atoms. The van der Waals surface area contributed by atoms with Crippen LogP contribution in [0.15, 0.2) is 6.20 Å². The molecule has 0 radical (unpaired) electrons. The first-order valence-electron chi connectivity index (χ1n) is 10.6. The molecule has 0 unspecified atom stereocenters. The van der Waals surface area contributed by atoms with E-state index < -0.39 is 0 Å². The summed E-state index contributed by atoms with van der Waals surface area (Å²) in [6.07, 6.45) is 11.9. The number of hydrogen-bond acceptors (Lipinski definition) is 5. The number of carbonyl (C=O) groups is 1. The van der Waals surface area contributed by atoms with Gasteiger partial charge in [-0.05, 0) is 38.5 Å². The second kappa shape index (κ2) is 10.2. The highest BCUT2D eigenvalue weighted by Crippen LogP contribution is 2.26. The van der Waals surface area contributed by atoms with Crippen LogP contribution >= 0.6 is 0 Å². The fourth-order valence-electron chi connectivity index (χ4n) is 4.27. The van der Waals surface area contributed by atoms with Gasteiger partial charge in [-0.25, -0.2) is 0 Å².